The Kier molecular flexibility index (Phi) is 4.20. The van der Waals surface area contributed by atoms with Gasteiger partial charge in [0.2, 0.25) is 0 Å². The van der Waals surface area contributed by atoms with Gasteiger partial charge in [0.05, 0.1) is 7.11 Å². The second-order valence-corrected chi connectivity index (χ2v) is 3.74. The van der Waals surface area contributed by atoms with Crippen LogP contribution in [0.1, 0.15) is 5.56 Å². The molecule has 0 heterocycles. The Morgan fingerprint density at radius 2 is 2.31 bits per heavy atom. The molecule has 0 atom stereocenters. The maximum absolute atomic E-state index is 13.4. The number of hydrogen-bond acceptors (Lipinski definition) is 3. The number of benzene rings is 1. The van der Waals surface area contributed by atoms with Gasteiger partial charge in [-0.1, -0.05) is 22.0 Å². The Bertz CT molecular complexity index is 491. The monoisotopic (exact) mass is 283 g/mol. The van der Waals surface area contributed by atoms with E-state index >= 15 is 0 Å². The minimum Gasteiger partial charge on any atom is -0.465 e. The van der Waals surface area contributed by atoms with E-state index in [1.54, 1.807) is 12.1 Å². The number of methoxy groups -OCH3 is 1. The van der Waals surface area contributed by atoms with Gasteiger partial charge in [0, 0.05) is 10.0 Å². The van der Waals surface area contributed by atoms with Crippen molar-refractivity contribution in [2.24, 2.45) is 0 Å². The number of halogens is 2. The topological polar surface area (TPSA) is 50.1 Å². The maximum Gasteiger partial charge on any atom is 0.348 e. The van der Waals surface area contributed by atoms with Crippen molar-refractivity contribution in [3.8, 4) is 6.07 Å². The Labute approximate surface area is 100 Å². The lowest BCUT2D eigenvalue weighted by atomic mass is 10.1. The second kappa shape index (κ2) is 5.42. The summed E-state index contributed by atoms with van der Waals surface area (Å²) >= 11 is 3.10. The van der Waals surface area contributed by atoms with Gasteiger partial charge in [0.15, 0.2) is 0 Å². The van der Waals surface area contributed by atoms with E-state index in [1.807, 2.05) is 0 Å². The normalized spacial score (nSPS) is 10.8. The zero-order valence-electron chi connectivity index (χ0n) is 8.33. The quantitative estimate of drug-likeness (QED) is 0.476. The highest BCUT2D eigenvalue weighted by Gasteiger charge is 2.10. The third kappa shape index (κ3) is 2.91. The van der Waals surface area contributed by atoms with E-state index < -0.39 is 11.8 Å². The summed E-state index contributed by atoms with van der Waals surface area (Å²) in [5, 5.41) is 8.68. The average Bonchev–Trinajstić information content (AvgIpc) is 2.27. The fourth-order valence-corrected chi connectivity index (χ4v) is 1.35. The molecule has 82 valence electrons. The molecular formula is C11H7BrFNO2. The van der Waals surface area contributed by atoms with E-state index in [0.29, 0.717) is 4.47 Å². The maximum atomic E-state index is 13.4. The number of esters is 1. The standard InChI is InChI=1S/C11H7BrFNO2/c1-16-11(15)8(6-14)4-7-2-3-9(12)5-10(7)13/h2-5H,1H3/b8-4+. The Morgan fingerprint density at radius 3 is 2.81 bits per heavy atom. The zero-order chi connectivity index (χ0) is 12.1. The highest BCUT2D eigenvalue weighted by Crippen LogP contribution is 2.17. The summed E-state index contributed by atoms with van der Waals surface area (Å²) in [6.07, 6.45) is 1.15. The van der Waals surface area contributed by atoms with Gasteiger partial charge < -0.3 is 4.74 Å². The first-order chi connectivity index (χ1) is 7.58. The number of nitriles is 1. The van der Waals surface area contributed by atoms with Crippen molar-refractivity contribution in [2.75, 3.05) is 7.11 Å². The summed E-state index contributed by atoms with van der Waals surface area (Å²) in [6.45, 7) is 0. The van der Waals surface area contributed by atoms with Gasteiger partial charge in [-0.3, -0.25) is 0 Å². The highest BCUT2D eigenvalue weighted by atomic mass is 79.9. The molecule has 3 nitrogen and oxygen atoms in total. The first-order valence-corrected chi connectivity index (χ1v) is 5.03. The van der Waals surface area contributed by atoms with Crippen molar-refractivity contribution in [3.05, 3.63) is 39.6 Å². The molecule has 0 aliphatic heterocycles. The van der Waals surface area contributed by atoms with Crippen LogP contribution in [0.25, 0.3) is 6.08 Å². The van der Waals surface area contributed by atoms with E-state index in [2.05, 4.69) is 20.7 Å². The summed E-state index contributed by atoms with van der Waals surface area (Å²) in [4.78, 5) is 11.1. The van der Waals surface area contributed by atoms with Crippen LogP contribution < -0.4 is 0 Å². The van der Waals surface area contributed by atoms with Crippen molar-refractivity contribution >= 4 is 28.0 Å². The molecular weight excluding hydrogens is 277 g/mol. The van der Waals surface area contributed by atoms with Gasteiger partial charge in [-0.25, -0.2) is 9.18 Å². The molecule has 1 aromatic rings. The summed E-state index contributed by atoms with van der Waals surface area (Å²) in [7, 11) is 1.16. The third-order valence-electron chi connectivity index (χ3n) is 1.79. The van der Waals surface area contributed by atoms with Gasteiger partial charge >= 0.3 is 5.97 Å². The van der Waals surface area contributed by atoms with Crippen LogP contribution in [0.5, 0.6) is 0 Å². The van der Waals surface area contributed by atoms with E-state index in [9.17, 15) is 9.18 Å². The largest absolute Gasteiger partial charge is 0.465 e. The summed E-state index contributed by atoms with van der Waals surface area (Å²) in [5.41, 5.74) is -0.0890. The number of ether oxygens (including phenoxy) is 1. The molecule has 0 radical (unpaired) electrons. The molecule has 0 aliphatic rings. The summed E-state index contributed by atoms with van der Waals surface area (Å²) < 4.78 is 18.3. The molecule has 16 heavy (non-hydrogen) atoms. The molecule has 0 amide bonds. The molecule has 0 bridgehead atoms. The molecule has 1 aromatic carbocycles. The number of hydrogen-bond donors (Lipinski definition) is 0. The number of carbonyl (C=O) groups excluding carboxylic acids is 1. The second-order valence-electron chi connectivity index (χ2n) is 2.83. The van der Waals surface area contributed by atoms with Crippen molar-refractivity contribution in [2.45, 2.75) is 0 Å². The van der Waals surface area contributed by atoms with Crippen LogP contribution in [0.15, 0.2) is 28.2 Å². The zero-order valence-corrected chi connectivity index (χ0v) is 9.92. The predicted molar refractivity (Wildman–Crippen MR) is 59.7 cm³/mol. The van der Waals surface area contributed by atoms with Crippen LogP contribution in [-0.4, -0.2) is 13.1 Å². The van der Waals surface area contributed by atoms with Crippen LogP contribution >= 0.6 is 15.9 Å². The fourth-order valence-electron chi connectivity index (χ4n) is 1.02. The lowest BCUT2D eigenvalue weighted by molar-refractivity contribution is -0.135. The molecule has 0 aromatic heterocycles. The molecule has 0 unspecified atom stereocenters. The smallest absolute Gasteiger partial charge is 0.348 e. The Morgan fingerprint density at radius 1 is 1.62 bits per heavy atom. The van der Waals surface area contributed by atoms with Crippen LogP contribution in [0.4, 0.5) is 4.39 Å². The number of rotatable bonds is 2. The molecule has 0 saturated carbocycles. The fraction of sp³-hybridized carbons (Fsp3) is 0.0909. The SMILES string of the molecule is COC(=O)/C(C#N)=C/c1ccc(Br)cc1F. The van der Waals surface area contributed by atoms with E-state index in [-0.39, 0.29) is 11.1 Å². The van der Waals surface area contributed by atoms with Crippen molar-refractivity contribution < 1.29 is 13.9 Å². The molecule has 0 N–H and O–H groups in total. The van der Waals surface area contributed by atoms with E-state index in [4.69, 9.17) is 5.26 Å². The average molecular weight is 284 g/mol. The molecule has 0 aliphatic carbocycles. The molecule has 1 rings (SSSR count). The van der Waals surface area contributed by atoms with Gasteiger partial charge in [0.25, 0.3) is 0 Å². The molecule has 5 heteroatoms. The Balaban J connectivity index is 3.15. The highest BCUT2D eigenvalue weighted by molar-refractivity contribution is 9.10. The van der Waals surface area contributed by atoms with Crippen LogP contribution in [-0.2, 0) is 9.53 Å². The Hall–Kier alpha value is -1.67. The van der Waals surface area contributed by atoms with Crippen molar-refractivity contribution in [1.82, 2.24) is 0 Å². The third-order valence-corrected chi connectivity index (χ3v) is 2.28. The lowest BCUT2D eigenvalue weighted by Gasteiger charge is -1.99. The van der Waals surface area contributed by atoms with Gasteiger partial charge in [-0.05, 0) is 18.2 Å². The van der Waals surface area contributed by atoms with Crippen molar-refractivity contribution in [3.63, 3.8) is 0 Å². The van der Waals surface area contributed by atoms with Crippen LogP contribution in [0.3, 0.4) is 0 Å². The van der Waals surface area contributed by atoms with Crippen LogP contribution in [0, 0.1) is 17.1 Å². The first kappa shape index (κ1) is 12.4. The van der Waals surface area contributed by atoms with E-state index in [1.165, 1.54) is 12.1 Å². The number of nitrogens with zero attached hydrogens (tertiary/aromatic N) is 1. The van der Waals surface area contributed by atoms with Gasteiger partial charge in [-0.2, -0.15) is 5.26 Å². The first-order valence-electron chi connectivity index (χ1n) is 4.23. The van der Waals surface area contributed by atoms with Crippen LogP contribution in [0.2, 0.25) is 0 Å². The van der Waals surface area contributed by atoms with E-state index in [0.717, 1.165) is 13.2 Å². The lowest BCUT2D eigenvalue weighted by Crippen LogP contribution is -2.02. The van der Waals surface area contributed by atoms with Crippen molar-refractivity contribution in [1.29, 1.82) is 5.26 Å². The summed E-state index contributed by atoms with van der Waals surface area (Å²) in [5.74, 6) is -1.31. The summed E-state index contributed by atoms with van der Waals surface area (Å²) in [6, 6.07) is 5.97. The minimum absolute atomic E-state index is 0.158. The predicted octanol–water partition coefficient (Wildman–Crippen LogP) is 2.67. The minimum atomic E-state index is -0.787. The molecule has 0 saturated heterocycles. The number of carbonyl (C=O) groups is 1. The molecule has 0 spiro atoms. The van der Waals surface area contributed by atoms with Gasteiger partial charge in [0.1, 0.15) is 17.5 Å². The van der Waals surface area contributed by atoms with Gasteiger partial charge in [-0.15, -0.1) is 0 Å². The molecule has 0 fully saturated rings.